The molecule has 2 rings (SSSR count). The summed E-state index contributed by atoms with van der Waals surface area (Å²) < 4.78 is 0. The van der Waals surface area contributed by atoms with Gasteiger partial charge in [-0.05, 0) is 12.8 Å². The number of carboxylic acids is 1. The van der Waals surface area contributed by atoms with Crippen LogP contribution in [0.3, 0.4) is 0 Å². The number of alkyl halides is 1. The molecule has 1 N–H and O–H groups in total. The van der Waals surface area contributed by atoms with Crippen molar-refractivity contribution in [3.63, 3.8) is 0 Å². The maximum absolute atomic E-state index is 11.8. The first-order valence-corrected chi connectivity index (χ1v) is 7.03. The summed E-state index contributed by atoms with van der Waals surface area (Å²) in [5.74, 6) is -0.699. The number of rotatable bonds is 3. The van der Waals surface area contributed by atoms with Crippen LogP contribution in [0.15, 0.2) is 0 Å². The van der Waals surface area contributed by atoms with Crippen molar-refractivity contribution in [3.8, 4) is 0 Å². The van der Waals surface area contributed by atoms with Crippen molar-refractivity contribution < 1.29 is 14.7 Å². The van der Waals surface area contributed by atoms with E-state index >= 15 is 0 Å². The topological polar surface area (TPSA) is 70.5 Å². The van der Waals surface area contributed by atoms with Crippen LogP contribution in [0, 0.1) is 12.8 Å². The molecule has 1 unspecified atom stereocenters. The lowest BCUT2D eigenvalue weighted by atomic mass is 10.2. The fourth-order valence-electron chi connectivity index (χ4n) is 1.77. The average molecular weight is 319 g/mol. The number of aromatic carboxylic acids is 1. The van der Waals surface area contributed by atoms with E-state index in [1.807, 2.05) is 0 Å². The van der Waals surface area contributed by atoms with Crippen LogP contribution in [-0.2, 0) is 4.79 Å². The van der Waals surface area contributed by atoms with Gasteiger partial charge in [0.05, 0.1) is 5.69 Å². The van der Waals surface area contributed by atoms with E-state index < -0.39 is 5.97 Å². The lowest BCUT2D eigenvalue weighted by Crippen LogP contribution is -2.24. The molecule has 0 radical (unpaired) electrons. The van der Waals surface area contributed by atoms with Crippen molar-refractivity contribution in [1.29, 1.82) is 0 Å². The maximum atomic E-state index is 11.8. The minimum Gasteiger partial charge on any atom is -0.477 e. The van der Waals surface area contributed by atoms with Gasteiger partial charge in [0.15, 0.2) is 5.13 Å². The number of hydrogen-bond acceptors (Lipinski definition) is 4. The second-order valence-corrected chi connectivity index (χ2v) is 5.57. The van der Waals surface area contributed by atoms with Crippen LogP contribution in [0.1, 0.15) is 21.8 Å². The zero-order valence-electron chi connectivity index (χ0n) is 9.14. The van der Waals surface area contributed by atoms with Crippen molar-refractivity contribution in [2.75, 3.05) is 16.8 Å². The van der Waals surface area contributed by atoms with Crippen LogP contribution < -0.4 is 4.90 Å². The quantitative estimate of drug-likeness (QED) is 0.864. The minimum atomic E-state index is -0.991. The van der Waals surface area contributed by atoms with E-state index in [1.54, 1.807) is 11.8 Å². The molecule has 5 nitrogen and oxygen atoms in total. The number of aromatic nitrogens is 1. The van der Waals surface area contributed by atoms with E-state index in [0.717, 1.165) is 16.7 Å². The monoisotopic (exact) mass is 318 g/mol. The molecule has 1 aliphatic rings. The molecule has 1 fully saturated rings. The van der Waals surface area contributed by atoms with Crippen molar-refractivity contribution in [2.24, 2.45) is 5.92 Å². The third-order valence-electron chi connectivity index (χ3n) is 2.63. The number of hydrogen-bond donors (Lipinski definition) is 1. The highest BCUT2D eigenvalue weighted by Gasteiger charge is 2.32. The second kappa shape index (κ2) is 4.73. The summed E-state index contributed by atoms with van der Waals surface area (Å²) in [6.07, 6.45) is 0.492. The summed E-state index contributed by atoms with van der Waals surface area (Å²) in [5, 5.41) is 10.2. The highest BCUT2D eigenvalue weighted by molar-refractivity contribution is 9.09. The van der Waals surface area contributed by atoms with Gasteiger partial charge in [-0.2, -0.15) is 0 Å². The fourth-order valence-corrected chi connectivity index (χ4v) is 3.13. The molecular formula is C10H11BrN2O3S. The molecule has 0 spiro atoms. The lowest BCUT2D eigenvalue weighted by molar-refractivity contribution is -0.117. The molecule has 92 valence electrons. The molecule has 2 heterocycles. The van der Waals surface area contributed by atoms with Gasteiger partial charge in [0.1, 0.15) is 4.88 Å². The predicted octanol–water partition coefficient (Wildman–Crippen LogP) is 1.90. The molecular weight excluding hydrogens is 308 g/mol. The Morgan fingerprint density at radius 3 is 2.88 bits per heavy atom. The normalized spacial score (nSPS) is 20.0. The molecule has 1 aliphatic heterocycles. The molecule has 0 aromatic carbocycles. The first-order valence-electron chi connectivity index (χ1n) is 5.10. The number of carbonyl (C=O) groups is 2. The molecule has 17 heavy (non-hydrogen) atoms. The van der Waals surface area contributed by atoms with Crippen LogP contribution in [-0.4, -0.2) is 33.8 Å². The van der Waals surface area contributed by atoms with Crippen LogP contribution >= 0.6 is 27.3 Å². The van der Waals surface area contributed by atoms with Crippen LogP contribution in [0.2, 0.25) is 0 Å². The lowest BCUT2D eigenvalue weighted by Gasteiger charge is -2.11. The van der Waals surface area contributed by atoms with Gasteiger partial charge in [0, 0.05) is 18.3 Å². The Morgan fingerprint density at radius 1 is 1.71 bits per heavy atom. The third-order valence-corrected chi connectivity index (χ3v) is 4.72. The third kappa shape index (κ3) is 2.35. The van der Waals surface area contributed by atoms with Crippen molar-refractivity contribution in [2.45, 2.75) is 13.3 Å². The fraction of sp³-hybridized carbons (Fsp3) is 0.500. The van der Waals surface area contributed by atoms with Crippen molar-refractivity contribution >= 4 is 44.3 Å². The van der Waals surface area contributed by atoms with Gasteiger partial charge in [0.25, 0.3) is 0 Å². The number of nitrogens with zero attached hydrogens (tertiary/aromatic N) is 2. The SMILES string of the molecule is Cc1nc(N2CC(CBr)CC2=O)sc1C(=O)O. The molecule has 7 heteroatoms. The minimum absolute atomic E-state index is 0.0140. The van der Waals surface area contributed by atoms with Gasteiger partial charge >= 0.3 is 5.97 Å². The van der Waals surface area contributed by atoms with Gasteiger partial charge in [-0.15, -0.1) is 0 Å². The Hall–Kier alpha value is -0.950. The Balaban J connectivity index is 2.26. The molecule has 0 aliphatic carbocycles. The first-order chi connectivity index (χ1) is 8.02. The molecule has 1 atom stereocenters. The molecule has 1 saturated heterocycles. The van der Waals surface area contributed by atoms with Crippen LogP contribution in [0.25, 0.3) is 0 Å². The van der Waals surface area contributed by atoms with Gasteiger partial charge in [0.2, 0.25) is 5.91 Å². The first kappa shape index (κ1) is 12.5. The van der Waals surface area contributed by atoms with E-state index in [4.69, 9.17) is 5.11 Å². The Labute approximate surface area is 111 Å². The molecule has 1 aromatic rings. The van der Waals surface area contributed by atoms with E-state index in [2.05, 4.69) is 20.9 Å². The summed E-state index contributed by atoms with van der Waals surface area (Å²) in [6.45, 7) is 2.25. The summed E-state index contributed by atoms with van der Waals surface area (Å²) in [6, 6.07) is 0. The zero-order chi connectivity index (χ0) is 12.6. The van der Waals surface area contributed by atoms with Crippen molar-refractivity contribution in [1.82, 2.24) is 4.98 Å². The number of aryl methyl sites for hydroxylation is 1. The van der Waals surface area contributed by atoms with E-state index in [0.29, 0.717) is 23.8 Å². The summed E-state index contributed by atoms with van der Waals surface area (Å²) in [7, 11) is 0. The van der Waals surface area contributed by atoms with Gasteiger partial charge in [-0.3, -0.25) is 9.69 Å². The van der Waals surface area contributed by atoms with Gasteiger partial charge in [-0.1, -0.05) is 27.3 Å². The molecule has 0 bridgehead atoms. The Kier molecular flexibility index (Phi) is 3.48. The zero-order valence-corrected chi connectivity index (χ0v) is 11.5. The number of amides is 1. The van der Waals surface area contributed by atoms with Gasteiger partial charge < -0.3 is 5.11 Å². The summed E-state index contributed by atoms with van der Waals surface area (Å²) >= 11 is 4.42. The Bertz CT molecular complexity index is 474. The number of halogens is 1. The van der Waals surface area contributed by atoms with E-state index in [-0.39, 0.29) is 16.7 Å². The van der Waals surface area contributed by atoms with Crippen LogP contribution in [0.4, 0.5) is 5.13 Å². The summed E-state index contributed by atoms with van der Waals surface area (Å²) in [4.78, 5) is 28.6. The average Bonchev–Trinajstić information content (AvgIpc) is 2.81. The summed E-state index contributed by atoms with van der Waals surface area (Å²) in [5.41, 5.74) is 0.465. The molecule has 1 amide bonds. The van der Waals surface area contributed by atoms with Crippen LogP contribution in [0.5, 0.6) is 0 Å². The van der Waals surface area contributed by atoms with Crippen molar-refractivity contribution in [3.05, 3.63) is 10.6 Å². The van der Waals surface area contributed by atoms with Gasteiger partial charge in [-0.25, -0.2) is 9.78 Å². The van der Waals surface area contributed by atoms with E-state index in [9.17, 15) is 9.59 Å². The highest BCUT2D eigenvalue weighted by Crippen LogP contribution is 2.31. The molecule has 0 saturated carbocycles. The second-order valence-electron chi connectivity index (χ2n) is 3.94. The standard InChI is InChI=1S/C10H11BrN2O3S/c1-5-8(9(15)16)17-10(12-5)13-4-6(3-11)2-7(13)14/h6H,2-4H2,1H3,(H,15,16). The highest BCUT2D eigenvalue weighted by atomic mass is 79.9. The smallest absolute Gasteiger partial charge is 0.347 e. The molecule has 1 aromatic heterocycles. The number of anilines is 1. The number of carbonyl (C=O) groups excluding carboxylic acids is 1. The number of thiazole rings is 1. The number of carboxylic acid groups (broad SMARTS) is 1. The maximum Gasteiger partial charge on any atom is 0.347 e. The van der Waals surface area contributed by atoms with E-state index in [1.165, 1.54) is 0 Å². The Morgan fingerprint density at radius 2 is 2.41 bits per heavy atom. The largest absolute Gasteiger partial charge is 0.477 e. The predicted molar refractivity (Wildman–Crippen MR) is 68.1 cm³/mol.